The van der Waals surface area contributed by atoms with Crippen molar-refractivity contribution >= 4 is 17.4 Å². The lowest BCUT2D eigenvalue weighted by atomic mass is 9.64. The minimum absolute atomic E-state index is 0.00960. The van der Waals surface area contributed by atoms with Crippen molar-refractivity contribution in [3.8, 4) is 11.8 Å². The molecule has 1 heterocycles. The van der Waals surface area contributed by atoms with Gasteiger partial charge in [-0.25, -0.2) is 0 Å². The fourth-order valence-corrected chi connectivity index (χ4v) is 4.62. The van der Waals surface area contributed by atoms with Crippen molar-refractivity contribution < 1.29 is 14.3 Å². The van der Waals surface area contributed by atoms with Crippen LogP contribution in [0.5, 0.6) is 5.75 Å². The highest BCUT2D eigenvalue weighted by Crippen LogP contribution is 2.43. The number of aryl methyl sites for hydroxylation is 1. The van der Waals surface area contributed by atoms with E-state index in [1.165, 1.54) is 0 Å². The van der Waals surface area contributed by atoms with Crippen LogP contribution in [0.4, 0.5) is 5.69 Å². The Bertz CT molecular complexity index is 1070. The van der Waals surface area contributed by atoms with Gasteiger partial charge in [-0.3, -0.25) is 9.59 Å². The highest BCUT2D eigenvalue weighted by atomic mass is 16.5. The lowest BCUT2D eigenvalue weighted by Crippen LogP contribution is -2.63. The van der Waals surface area contributed by atoms with Crippen LogP contribution in [-0.4, -0.2) is 36.9 Å². The summed E-state index contributed by atoms with van der Waals surface area (Å²) in [4.78, 5) is 26.5. The van der Waals surface area contributed by atoms with Crippen molar-refractivity contribution in [3.05, 3.63) is 59.2 Å². The second kappa shape index (κ2) is 9.27. The molecule has 0 aromatic heterocycles. The van der Waals surface area contributed by atoms with Gasteiger partial charge in [0.1, 0.15) is 17.6 Å². The molecule has 4 rings (SSSR count). The lowest BCUT2D eigenvalue weighted by Gasteiger charge is -2.51. The van der Waals surface area contributed by atoms with Gasteiger partial charge in [0.15, 0.2) is 0 Å². The van der Waals surface area contributed by atoms with E-state index >= 15 is 0 Å². The average molecular weight is 446 g/mol. The number of nitrogens with zero attached hydrogens (tertiary/aromatic N) is 2. The van der Waals surface area contributed by atoms with Gasteiger partial charge in [0.25, 0.3) is 5.91 Å². The molecule has 1 amide bonds. The van der Waals surface area contributed by atoms with Gasteiger partial charge in [-0.05, 0) is 54.4 Å². The van der Waals surface area contributed by atoms with Crippen LogP contribution >= 0.6 is 0 Å². The van der Waals surface area contributed by atoms with Gasteiger partial charge in [-0.1, -0.05) is 20.8 Å². The van der Waals surface area contributed by atoms with E-state index in [4.69, 9.17) is 4.74 Å². The fraction of sp³-hybridized carbons (Fsp3) is 0.444. The van der Waals surface area contributed by atoms with Gasteiger partial charge < -0.3 is 15.0 Å². The molecule has 2 atom stereocenters. The molecule has 33 heavy (non-hydrogen) atoms. The summed E-state index contributed by atoms with van der Waals surface area (Å²) < 4.78 is 6.23. The van der Waals surface area contributed by atoms with E-state index in [2.05, 4.69) is 30.1 Å². The van der Waals surface area contributed by atoms with E-state index in [1.807, 2.05) is 49.4 Å². The standard InChI is InChI=1S/C27H31N3O3/c1-4-18-15-23(10-7-20(18)17-28)33-25-16-24(27(25,2)3)29-26(32)19-5-8-21(9-6-19)30-13-11-22(31)12-14-30/h5-10,15,24-25H,4,11-14,16H2,1-3H3,(H,29,32)/t24-,25-/m0/s1. The second-order valence-electron chi connectivity index (χ2n) is 9.55. The number of ether oxygens (including phenoxy) is 1. The van der Waals surface area contributed by atoms with Crippen LogP contribution in [0, 0.1) is 16.7 Å². The predicted molar refractivity (Wildman–Crippen MR) is 127 cm³/mol. The Labute approximate surface area is 195 Å². The maximum atomic E-state index is 12.8. The van der Waals surface area contributed by atoms with E-state index in [0.717, 1.165) is 42.9 Å². The summed E-state index contributed by atoms with van der Waals surface area (Å²) in [5.41, 5.74) is 3.13. The van der Waals surface area contributed by atoms with Gasteiger partial charge in [0, 0.05) is 55.1 Å². The number of nitriles is 1. The SMILES string of the molecule is CCc1cc(O[C@H]2C[C@H](NC(=O)c3ccc(N4CCC(=O)CC4)cc3)C2(C)C)ccc1C#N. The Balaban J connectivity index is 1.34. The third kappa shape index (κ3) is 4.73. The molecule has 0 unspecified atom stereocenters. The third-order valence-electron chi connectivity index (χ3n) is 7.16. The van der Waals surface area contributed by atoms with Crippen LogP contribution < -0.4 is 15.0 Å². The average Bonchev–Trinajstić information content (AvgIpc) is 2.83. The maximum absolute atomic E-state index is 12.8. The van der Waals surface area contributed by atoms with Crippen molar-refractivity contribution in [3.63, 3.8) is 0 Å². The molecule has 2 aromatic carbocycles. The number of carbonyl (C=O) groups is 2. The van der Waals surface area contributed by atoms with E-state index in [0.29, 0.717) is 29.8 Å². The summed E-state index contributed by atoms with van der Waals surface area (Å²) in [5, 5.41) is 12.4. The van der Waals surface area contributed by atoms with Crippen LogP contribution in [0.2, 0.25) is 0 Å². The molecule has 172 valence electrons. The van der Waals surface area contributed by atoms with Crippen molar-refractivity contribution in [1.29, 1.82) is 5.26 Å². The van der Waals surface area contributed by atoms with E-state index in [1.54, 1.807) is 0 Å². The molecular weight excluding hydrogens is 414 g/mol. The van der Waals surface area contributed by atoms with Gasteiger partial charge in [0.05, 0.1) is 11.6 Å². The number of nitrogens with one attached hydrogen (secondary N) is 1. The maximum Gasteiger partial charge on any atom is 0.251 e. The summed E-state index contributed by atoms with van der Waals surface area (Å²) >= 11 is 0. The molecule has 1 saturated carbocycles. The lowest BCUT2D eigenvalue weighted by molar-refractivity contribution is -0.119. The molecule has 2 aromatic rings. The molecule has 1 aliphatic heterocycles. The molecule has 1 aliphatic carbocycles. The molecule has 1 N–H and O–H groups in total. The quantitative estimate of drug-likeness (QED) is 0.718. The van der Waals surface area contributed by atoms with Gasteiger partial charge in [-0.2, -0.15) is 5.26 Å². The Kier molecular flexibility index (Phi) is 6.42. The highest BCUT2D eigenvalue weighted by Gasteiger charge is 2.50. The molecule has 2 aliphatic rings. The fourth-order valence-electron chi connectivity index (χ4n) is 4.62. The number of amides is 1. The van der Waals surface area contributed by atoms with Crippen LogP contribution in [0.25, 0.3) is 0 Å². The first-order valence-corrected chi connectivity index (χ1v) is 11.7. The van der Waals surface area contributed by atoms with Gasteiger partial charge >= 0.3 is 0 Å². The zero-order valence-corrected chi connectivity index (χ0v) is 19.6. The molecule has 6 nitrogen and oxygen atoms in total. The van der Waals surface area contributed by atoms with Crippen LogP contribution in [0.3, 0.4) is 0 Å². The number of hydrogen-bond donors (Lipinski definition) is 1. The van der Waals surface area contributed by atoms with E-state index < -0.39 is 0 Å². The second-order valence-corrected chi connectivity index (χ2v) is 9.55. The number of ketones is 1. The van der Waals surface area contributed by atoms with E-state index in [-0.39, 0.29) is 23.5 Å². The third-order valence-corrected chi connectivity index (χ3v) is 7.16. The Morgan fingerprint density at radius 1 is 1.18 bits per heavy atom. The van der Waals surface area contributed by atoms with Crippen LogP contribution in [-0.2, 0) is 11.2 Å². The number of piperidine rings is 1. The van der Waals surface area contributed by atoms with Gasteiger partial charge in [0.2, 0.25) is 0 Å². The van der Waals surface area contributed by atoms with Crippen molar-refractivity contribution in [2.45, 2.75) is 58.6 Å². The number of Topliss-reactive ketones (excluding diaryl/α,β-unsaturated/α-hetero) is 1. The van der Waals surface area contributed by atoms with Gasteiger partial charge in [-0.15, -0.1) is 0 Å². The number of carbonyl (C=O) groups excluding carboxylic acids is 2. The molecular formula is C27H31N3O3. The minimum Gasteiger partial charge on any atom is -0.490 e. The molecule has 2 fully saturated rings. The number of hydrogen-bond acceptors (Lipinski definition) is 5. The number of anilines is 1. The number of rotatable bonds is 6. The first kappa shape index (κ1) is 22.8. The summed E-state index contributed by atoms with van der Waals surface area (Å²) in [7, 11) is 0. The van der Waals surface area contributed by atoms with Crippen molar-refractivity contribution in [1.82, 2.24) is 5.32 Å². The summed E-state index contributed by atoms with van der Waals surface area (Å²) in [5.74, 6) is 1.000. The predicted octanol–water partition coefficient (Wildman–Crippen LogP) is 4.27. The molecule has 1 saturated heterocycles. The van der Waals surface area contributed by atoms with E-state index in [9.17, 15) is 14.9 Å². The summed E-state index contributed by atoms with van der Waals surface area (Å²) in [6, 6.07) is 15.5. The molecule has 6 heteroatoms. The van der Waals surface area contributed by atoms with Crippen LogP contribution in [0.1, 0.15) is 61.5 Å². The topological polar surface area (TPSA) is 82.4 Å². The monoisotopic (exact) mass is 445 g/mol. The van der Waals surface area contributed by atoms with Crippen molar-refractivity contribution in [2.24, 2.45) is 5.41 Å². The first-order chi connectivity index (χ1) is 15.8. The highest BCUT2D eigenvalue weighted by molar-refractivity contribution is 5.95. The largest absolute Gasteiger partial charge is 0.490 e. The Morgan fingerprint density at radius 2 is 1.88 bits per heavy atom. The smallest absolute Gasteiger partial charge is 0.251 e. The van der Waals surface area contributed by atoms with Crippen LogP contribution in [0.15, 0.2) is 42.5 Å². The molecule has 0 spiro atoms. The zero-order chi connectivity index (χ0) is 23.6. The molecule has 0 radical (unpaired) electrons. The first-order valence-electron chi connectivity index (χ1n) is 11.7. The molecule has 0 bridgehead atoms. The number of benzene rings is 2. The Morgan fingerprint density at radius 3 is 2.48 bits per heavy atom. The minimum atomic E-state index is -0.212. The zero-order valence-electron chi connectivity index (χ0n) is 19.6. The summed E-state index contributed by atoms with van der Waals surface area (Å²) in [6.45, 7) is 7.72. The van der Waals surface area contributed by atoms with Crippen molar-refractivity contribution in [2.75, 3.05) is 18.0 Å². The normalized spacial score (nSPS) is 21.6. The summed E-state index contributed by atoms with van der Waals surface area (Å²) in [6.07, 6.45) is 2.68. The Hall–Kier alpha value is -3.33.